The van der Waals surface area contributed by atoms with Crippen molar-refractivity contribution in [2.24, 2.45) is 5.92 Å². The highest BCUT2D eigenvalue weighted by Gasteiger charge is 2.28. The van der Waals surface area contributed by atoms with Crippen molar-refractivity contribution in [2.45, 2.75) is 38.7 Å². The number of piperidine rings is 1. The summed E-state index contributed by atoms with van der Waals surface area (Å²) in [7, 11) is 0. The maximum Gasteiger partial charge on any atom is 0.253 e. The number of likely N-dealkylation sites (tertiary alicyclic amines) is 1. The summed E-state index contributed by atoms with van der Waals surface area (Å²) in [5, 5.41) is 9.90. The second-order valence-corrected chi connectivity index (χ2v) is 5.92. The molecule has 3 rings (SSSR count). The lowest BCUT2D eigenvalue weighted by molar-refractivity contribution is 0.0248. The molecular formula is C16H21NO2. The van der Waals surface area contributed by atoms with Crippen LogP contribution < -0.4 is 0 Å². The molecule has 1 aliphatic heterocycles. The Morgan fingerprint density at radius 3 is 2.89 bits per heavy atom. The number of rotatable bonds is 1. The van der Waals surface area contributed by atoms with Crippen LogP contribution in [0, 0.1) is 5.92 Å². The minimum atomic E-state index is -0.382. The monoisotopic (exact) mass is 259 g/mol. The van der Waals surface area contributed by atoms with Crippen LogP contribution in [-0.2, 0) is 12.8 Å². The Balaban J connectivity index is 1.77. The van der Waals surface area contributed by atoms with E-state index in [0.717, 1.165) is 31.4 Å². The third kappa shape index (κ3) is 2.39. The van der Waals surface area contributed by atoms with Crippen LogP contribution in [-0.4, -0.2) is 35.1 Å². The fourth-order valence-corrected chi connectivity index (χ4v) is 3.12. The lowest BCUT2D eigenvalue weighted by atomic mass is 9.95. The van der Waals surface area contributed by atoms with Crippen LogP contribution in [0.2, 0.25) is 0 Å². The molecule has 0 saturated carbocycles. The second kappa shape index (κ2) is 4.97. The number of nitrogens with zero attached hydrogens (tertiary/aromatic N) is 1. The highest BCUT2D eigenvalue weighted by molar-refractivity contribution is 5.94. The van der Waals surface area contributed by atoms with E-state index in [4.69, 9.17) is 0 Å². The molecule has 1 aliphatic carbocycles. The number of carbonyl (C=O) groups excluding carboxylic acids is 1. The van der Waals surface area contributed by atoms with Crippen LogP contribution in [0.15, 0.2) is 18.2 Å². The smallest absolute Gasteiger partial charge is 0.253 e. The molecule has 2 aliphatic rings. The van der Waals surface area contributed by atoms with Crippen LogP contribution >= 0.6 is 0 Å². The van der Waals surface area contributed by atoms with E-state index in [0.29, 0.717) is 12.5 Å². The first-order valence-electron chi connectivity index (χ1n) is 7.24. The number of hydrogen-bond donors (Lipinski definition) is 1. The maximum absolute atomic E-state index is 12.5. The zero-order valence-electron chi connectivity index (χ0n) is 11.4. The van der Waals surface area contributed by atoms with Gasteiger partial charge >= 0.3 is 0 Å². The summed E-state index contributed by atoms with van der Waals surface area (Å²) < 4.78 is 0. The molecule has 102 valence electrons. The molecule has 1 aromatic carbocycles. The van der Waals surface area contributed by atoms with Gasteiger partial charge in [0.1, 0.15) is 0 Å². The summed E-state index contributed by atoms with van der Waals surface area (Å²) in [6.07, 6.45) is 3.94. The van der Waals surface area contributed by atoms with E-state index in [1.54, 1.807) is 4.90 Å². The van der Waals surface area contributed by atoms with Crippen molar-refractivity contribution in [3.05, 3.63) is 34.9 Å². The van der Waals surface area contributed by atoms with Crippen molar-refractivity contribution < 1.29 is 9.90 Å². The van der Waals surface area contributed by atoms with Crippen LogP contribution in [0.25, 0.3) is 0 Å². The highest BCUT2D eigenvalue weighted by Crippen LogP contribution is 2.24. The normalized spacial score (nSPS) is 26.3. The molecule has 3 nitrogen and oxygen atoms in total. The van der Waals surface area contributed by atoms with Crippen molar-refractivity contribution in [1.82, 2.24) is 4.90 Å². The third-order valence-corrected chi connectivity index (χ3v) is 4.55. The largest absolute Gasteiger partial charge is 0.391 e. The molecule has 0 aromatic heterocycles. The van der Waals surface area contributed by atoms with Gasteiger partial charge in [0.25, 0.3) is 5.91 Å². The Labute approximate surface area is 114 Å². The average molecular weight is 259 g/mol. The van der Waals surface area contributed by atoms with Crippen LogP contribution in [0.5, 0.6) is 0 Å². The number of hydrogen-bond acceptors (Lipinski definition) is 2. The summed E-state index contributed by atoms with van der Waals surface area (Å²) in [6, 6.07) is 6.09. The zero-order chi connectivity index (χ0) is 13.4. The van der Waals surface area contributed by atoms with Gasteiger partial charge in [-0.2, -0.15) is 0 Å². The summed E-state index contributed by atoms with van der Waals surface area (Å²) in [6.45, 7) is 3.27. The first-order valence-corrected chi connectivity index (χ1v) is 7.24. The topological polar surface area (TPSA) is 40.5 Å². The standard InChI is InChI=1S/C16H21NO2/c1-11-7-8-17(10-15(11)18)16(19)14-6-5-12-3-2-4-13(12)9-14/h5-6,9,11,15,18H,2-4,7-8,10H2,1H3. The molecule has 2 atom stereocenters. The Hall–Kier alpha value is -1.35. The van der Waals surface area contributed by atoms with Gasteiger partial charge in [0.05, 0.1) is 6.10 Å². The van der Waals surface area contributed by atoms with Crippen molar-refractivity contribution >= 4 is 5.91 Å². The fourth-order valence-electron chi connectivity index (χ4n) is 3.12. The average Bonchev–Trinajstić information content (AvgIpc) is 2.88. The predicted octanol–water partition coefficient (Wildman–Crippen LogP) is 2.02. The number of carbonyl (C=O) groups is 1. The summed E-state index contributed by atoms with van der Waals surface area (Å²) in [5.74, 6) is 0.365. The number of benzene rings is 1. The second-order valence-electron chi connectivity index (χ2n) is 5.92. The van der Waals surface area contributed by atoms with E-state index in [-0.39, 0.29) is 12.0 Å². The number of aliphatic hydroxyl groups is 1. The van der Waals surface area contributed by atoms with Gasteiger partial charge in [-0.1, -0.05) is 13.0 Å². The first kappa shape index (κ1) is 12.7. The molecule has 0 radical (unpaired) electrons. The van der Waals surface area contributed by atoms with E-state index < -0.39 is 0 Å². The van der Waals surface area contributed by atoms with Crippen molar-refractivity contribution in [3.8, 4) is 0 Å². The van der Waals surface area contributed by atoms with Crippen molar-refractivity contribution in [3.63, 3.8) is 0 Å². The van der Waals surface area contributed by atoms with Crippen molar-refractivity contribution in [1.29, 1.82) is 0 Å². The molecule has 0 spiro atoms. The molecule has 1 saturated heterocycles. The Kier molecular flexibility index (Phi) is 3.31. The van der Waals surface area contributed by atoms with Gasteiger partial charge in [0.15, 0.2) is 0 Å². The lowest BCUT2D eigenvalue weighted by Gasteiger charge is -2.34. The van der Waals surface area contributed by atoms with Gasteiger partial charge in [0.2, 0.25) is 0 Å². The van der Waals surface area contributed by atoms with Gasteiger partial charge in [-0.15, -0.1) is 0 Å². The SMILES string of the molecule is CC1CCN(C(=O)c2ccc3c(c2)CCC3)CC1O. The third-order valence-electron chi connectivity index (χ3n) is 4.55. The molecule has 0 bridgehead atoms. The van der Waals surface area contributed by atoms with Crippen molar-refractivity contribution in [2.75, 3.05) is 13.1 Å². The summed E-state index contributed by atoms with van der Waals surface area (Å²) in [4.78, 5) is 14.3. The highest BCUT2D eigenvalue weighted by atomic mass is 16.3. The van der Waals surface area contributed by atoms with Gasteiger partial charge in [-0.05, 0) is 54.9 Å². The van der Waals surface area contributed by atoms with Crippen LogP contribution in [0.3, 0.4) is 0 Å². The molecule has 1 amide bonds. The van der Waals surface area contributed by atoms with Gasteiger partial charge in [-0.25, -0.2) is 0 Å². The number of aryl methyl sites for hydroxylation is 2. The number of fused-ring (bicyclic) bond motifs is 1. The molecule has 1 aromatic rings. The minimum Gasteiger partial charge on any atom is -0.391 e. The van der Waals surface area contributed by atoms with E-state index in [1.165, 1.54) is 17.5 Å². The minimum absolute atomic E-state index is 0.0700. The van der Waals surface area contributed by atoms with Gasteiger partial charge in [-0.3, -0.25) is 4.79 Å². The Morgan fingerprint density at radius 1 is 1.32 bits per heavy atom. The quantitative estimate of drug-likeness (QED) is 0.838. The summed E-state index contributed by atoms with van der Waals surface area (Å²) >= 11 is 0. The Morgan fingerprint density at radius 2 is 2.11 bits per heavy atom. The van der Waals surface area contributed by atoms with E-state index in [2.05, 4.69) is 12.1 Å². The zero-order valence-corrected chi connectivity index (χ0v) is 11.4. The molecule has 19 heavy (non-hydrogen) atoms. The van der Waals surface area contributed by atoms with E-state index >= 15 is 0 Å². The molecule has 1 fully saturated rings. The Bertz CT molecular complexity index is 498. The number of amides is 1. The van der Waals surface area contributed by atoms with E-state index in [9.17, 15) is 9.90 Å². The molecule has 1 heterocycles. The molecular weight excluding hydrogens is 238 g/mol. The van der Waals surface area contributed by atoms with Gasteiger partial charge < -0.3 is 10.0 Å². The van der Waals surface area contributed by atoms with Gasteiger partial charge in [0, 0.05) is 18.7 Å². The number of β-amino-alcohol motifs (C(OH)–C–C–N with tert-alkyl or cyclic N) is 1. The van der Waals surface area contributed by atoms with Crippen LogP contribution in [0.4, 0.5) is 0 Å². The molecule has 2 unspecified atom stereocenters. The molecule has 3 heteroatoms. The first-order chi connectivity index (χ1) is 9.15. The predicted molar refractivity (Wildman–Crippen MR) is 74.2 cm³/mol. The molecule has 1 N–H and O–H groups in total. The lowest BCUT2D eigenvalue weighted by Crippen LogP contribution is -2.45. The fraction of sp³-hybridized carbons (Fsp3) is 0.562. The maximum atomic E-state index is 12.5. The number of aliphatic hydroxyl groups excluding tert-OH is 1. The summed E-state index contributed by atoms with van der Waals surface area (Å²) in [5.41, 5.74) is 3.50. The van der Waals surface area contributed by atoms with Crippen LogP contribution in [0.1, 0.15) is 41.3 Å². The van der Waals surface area contributed by atoms with E-state index in [1.807, 2.05) is 13.0 Å².